The van der Waals surface area contributed by atoms with Gasteiger partial charge in [-0.15, -0.1) is 21.9 Å². The molecule has 1 N–H and O–H groups in total. The maximum absolute atomic E-state index is 12.1. The molecular formula is C19H17N9O3S2. The van der Waals surface area contributed by atoms with E-state index in [0.29, 0.717) is 28.9 Å². The summed E-state index contributed by atoms with van der Waals surface area (Å²) < 4.78 is 3.60. The van der Waals surface area contributed by atoms with Crippen LogP contribution in [0.15, 0.2) is 59.3 Å². The van der Waals surface area contributed by atoms with Crippen LogP contribution in [0.4, 0.5) is 5.00 Å². The number of allylic oxidation sites excluding steroid dienone is 1. The Balaban J connectivity index is 1.38. The fraction of sp³-hybridized carbons (Fsp3) is 0.158. The predicted molar refractivity (Wildman–Crippen MR) is 124 cm³/mol. The summed E-state index contributed by atoms with van der Waals surface area (Å²) in [6.45, 7) is 4.61. The summed E-state index contributed by atoms with van der Waals surface area (Å²) in [5, 5.41) is 31.9. The highest BCUT2D eigenvalue weighted by molar-refractivity contribution is 7.99. The molecule has 0 aliphatic rings. The first-order valence-corrected chi connectivity index (χ1v) is 11.4. The number of fused-ring (bicyclic) bond motifs is 1. The number of rotatable bonds is 10. The van der Waals surface area contributed by atoms with E-state index < -0.39 is 4.92 Å². The van der Waals surface area contributed by atoms with Gasteiger partial charge in [0.1, 0.15) is 12.1 Å². The summed E-state index contributed by atoms with van der Waals surface area (Å²) in [5.41, 5.74) is 4.07. The average Bonchev–Trinajstić information content (AvgIpc) is 3.53. The normalized spacial score (nSPS) is 11.3. The van der Waals surface area contributed by atoms with E-state index in [1.807, 2.05) is 28.8 Å². The number of nitrogens with zero attached hydrogens (tertiary/aromatic N) is 8. The number of hydrazone groups is 1. The van der Waals surface area contributed by atoms with Crippen LogP contribution in [0.25, 0.3) is 11.0 Å². The van der Waals surface area contributed by atoms with Crippen molar-refractivity contribution in [2.45, 2.75) is 18.2 Å². The summed E-state index contributed by atoms with van der Waals surface area (Å²) in [5.74, 6) is 0.369. The van der Waals surface area contributed by atoms with Gasteiger partial charge in [0.2, 0.25) is 0 Å². The average molecular weight is 484 g/mol. The lowest BCUT2D eigenvalue weighted by atomic mass is 10.3. The number of carbonyl (C=O) groups excluding carboxylic acids is 1. The van der Waals surface area contributed by atoms with Gasteiger partial charge in [0.15, 0.2) is 11.0 Å². The van der Waals surface area contributed by atoms with Crippen molar-refractivity contribution >= 4 is 51.3 Å². The lowest BCUT2D eigenvalue weighted by molar-refractivity contribution is -0.380. The van der Waals surface area contributed by atoms with Gasteiger partial charge in [0.05, 0.1) is 27.3 Å². The lowest BCUT2D eigenvalue weighted by Gasteiger charge is -2.07. The summed E-state index contributed by atoms with van der Waals surface area (Å²) in [4.78, 5) is 22.9. The molecule has 33 heavy (non-hydrogen) atoms. The molecule has 0 unspecified atom stereocenters. The molecule has 0 saturated carbocycles. The SMILES string of the molecule is C=CCn1c(Cn2nnc3ccccc32)nnc1SCC(=O)N/N=C/c1ccc([N+](=O)[O-])s1. The van der Waals surface area contributed by atoms with Crippen molar-refractivity contribution in [3.63, 3.8) is 0 Å². The zero-order chi connectivity index (χ0) is 23.2. The van der Waals surface area contributed by atoms with Crippen molar-refractivity contribution in [2.75, 3.05) is 5.75 Å². The molecule has 3 aromatic heterocycles. The first-order chi connectivity index (χ1) is 16.0. The largest absolute Gasteiger partial charge is 0.324 e. The van der Waals surface area contributed by atoms with Crippen LogP contribution in [-0.4, -0.2) is 52.6 Å². The highest BCUT2D eigenvalue weighted by Crippen LogP contribution is 2.22. The zero-order valence-corrected chi connectivity index (χ0v) is 18.7. The topological polar surface area (TPSA) is 146 Å². The summed E-state index contributed by atoms with van der Waals surface area (Å²) in [6, 6.07) is 10.6. The molecular weight excluding hydrogens is 466 g/mol. The third-order valence-corrected chi connectivity index (χ3v) is 6.26. The number of carbonyl (C=O) groups is 1. The van der Waals surface area contributed by atoms with Crippen LogP contribution in [0.5, 0.6) is 0 Å². The van der Waals surface area contributed by atoms with Crippen molar-refractivity contribution in [2.24, 2.45) is 5.10 Å². The van der Waals surface area contributed by atoms with E-state index in [1.54, 1.807) is 16.8 Å². The Hall–Kier alpha value is -3.91. The Bertz CT molecular complexity index is 1340. The minimum absolute atomic E-state index is 0.00887. The van der Waals surface area contributed by atoms with E-state index in [9.17, 15) is 14.9 Å². The van der Waals surface area contributed by atoms with Gasteiger partial charge in [-0.25, -0.2) is 10.1 Å². The number of hydrogen-bond acceptors (Lipinski definition) is 10. The summed E-state index contributed by atoms with van der Waals surface area (Å²) in [6.07, 6.45) is 3.09. The van der Waals surface area contributed by atoms with E-state index in [2.05, 4.69) is 37.6 Å². The third kappa shape index (κ3) is 5.30. The molecule has 0 saturated heterocycles. The predicted octanol–water partition coefficient (Wildman–Crippen LogP) is 2.47. The second-order valence-corrected chi connectivity index (χ2v) is 8.59. The molecule has 1 amide bonds. The maximum Gasteiger partial charge on any atom is 0.324 e. The molecule has 1 aromatic carbocycles. The van der Waals surface area contributed by atoms with Crippen LogP contribution in [0.2, 0.25) is 0 Å². The van der Waals surface area contributed by atoms with E-state index in [0.717, 1.165) is 22.4 Å². The molecule has 3 heterocycles. The quantitative estimate of drug-likeness (QED) is 0.119. The van der Waals surface area contributed by atoms with Gasteiger partial charge in [-0.05, 0) is 18.2 Å². The second kappa shape index (κ2) is 10.1. The van der Waals surface area contributed by atoms with Gasteiger partial charge >= 0.3 is 5.00 Å². The van der Waals surface area contributed by atoms with Gasteiger partial charge in [-0.2, -0.15) is 5.10 Å². The Kier molecular flexibility index (Phi) is 6.85. The van der Waals surface area contributed by atoms with E-state index in [-0.39, 0.29) is 16.7 Å². The van der Waals surface area contributed by atoms with Gasteiger partial charge in [0.25, 0.3) is 5.91 Å². The van der Waals surface area contributed by atoms with Gasteiger partial charge in [-0.3, -0.25) is 14.9 Å². The van der Waals surface area contributed by atoms with Crippen molar-refractivity contribution in [3.05, 3.63) is 69.9 Å². The minimum Gasteiger partial charge on any atom is -0.301 e. The number of nitrogens with one attached hydrogen (secondary N) is 1. The fourth-order valence-corrected chi connectivity index (χ4v) is 4.32. The van der Waals surface area contributed by atoms with Crippen LogP contribution in [0, 0.1) is 10.1 Å². The molecule has 4 rings (SSSR count). The van der Waals surface area contributed by atoms with Crippen LogP contribution in [-0.2, 0) is 17.9 Å². The van der Waals surface area contributed by atoms with E-state index >= 15 is 0 Å². The molecule has 0 spiro atoms. The van der Waals surface area contributed by atoms with Crippen molar-refractivity contribution < 1.29 is 9.72 Å². The number of benzene rings is 1. The third-order valence-electron chi connectivity index (χ3n) is 4.32. The molecule has 0 atom stereocenters. The number of aromatic nitrogens is 6. The maximum atomic E-state index is 12.1. The standard InChI is InChI=1S/C19H17N9O3S2/c1-2-9-26-16(11-27-15-6-4-3-5-14(15)21-25-27)22-24-19(26)32-12-17(29)23-20-10-13-7-8-18(33-13)28(30)31/h2-8,10H,1,9,11-12H2,(H,23,29)/b20-10+. The molecule has 14 heteroatoms. The molecule has 0 bridgehead atoms. The molecule has 0 aliphatic heterocycles. The Labute approximate surface area is 195 Å². The Morgan fingerprint density at radius 2 is 2.12 bits per heavy atom. The van der Waals surface area contributed by atoms with Crippen molar-refractivity contribution in [1.29, 1.82) is 0 Å². The highest BCUT2D eigenvalue weighted by atomic mass is 32.2. The lowest BCUT2D eigenvalue weighted by Crippen LogP contribution is -2.20. The Morgan fingerprint density at radius 3 is 2.91 bits per heavy atom. The number of para-hydroxylation sites is 1. The van der Waals surface area contributed by atoms with Gasteiger partial charge in [-0.1, -0.05) is 46.5 Å². The van der Waals surface area contributed by atoms with Crippen molar-refractivity contribution in [1.82, 2.24) is 35.2 Å². The monoisotopic (exact) mass is 483 g/mol. The number of thioether (sulfide) groups is 1. The van der Waals surface area contributed by atoms with Crippen LogP contribution < -0.4 is 5.43 Å². The summed E-state index contributed by atoms with van der Waals surface area (Å²) >= 11 is 2.18. The fourth-order valence-electron chi connectivity index (χ4n) is 2.86. The zero-order valence-electron chi connectivity index (χ0n) is 17.1. The van der Waals surface area contributed by atoms with Crippen LogP contribution in [0.1, 0.15) is 10.7 Å². The minimum atomic E-state index is -0.476. The molecule has 0 fully saturated rings. The first-order valence-electron chi connectivity index (χ1n) is 9.55. The number of thiophene rings is 1. The molecule has 12 nitrogen and oxygen atoms in total. The van der Waals surface area contributed by atoms with E-state index in [1.165, 1.54) is 24.0 Å². The smallest absolute Gasteiger partial charge is 0.301 e. The Morgan fingerprint density at radius 1 is 1.27 bits per heavy atom. The number of hydrogen-bond donors (Lipinski definition) is 1. The van der Waals surface area contributed by atoms with E-state index in [4.69, 9.17) is 0 Å². The molecule has 0 aliphatic carbocycles. The second-order valence-electron chi connectivity index (χ2n) is 6.55. The van der Waals surface area contributed by atoms with Crippen molar-refractivity contribution in [3.8, 4) is 0 Å². The summed E-state index contributed by atoms with van der Waals surface area (Å²) in [7, 11) is 0. The highest BCUT2D eigenvalue weighted by Gasteiger charge is 2.15. The van der Waals surface area contributed by atoms with Gasteiger partial charge < -0.3 is 4.57 Å². The van der Waals surface area contributed by atoms with Crippen LogP contribution >= 0.6 is 23.1 Å². The molecule has 0 radical (unpaired) electrons. The molecule has 4 aromatic rings. The van der Waals surface area contributed by atoms with Crippen LogP contribution in [0.3, 0.4) is 0 Å². The first kappa shape index (κ1) is 22.3. The number of nitro groups is 1. The molecule has 168 valence electrons. The number of amides is 1. The van der Waals surface area contributed by atoms with Gasteiger partial charge in [0, 0.05) is 12.6 Å².